The second-order valence-electron chi connectivity index (χ2n) is 2.79. The molecule has 0 aromatic rings. The standard InChI is InChI=1S/C7H15NO.ClH/c1-8-5-2-3-7(8)4-6-9;/h7,9H,2-6H2,1H3;1H. The SMILES string of the molecule is CN1CCCC1CCO.Cl. The van der Waals surface area contributed by atoms with Crippen LogP contribution in [0.15, 0.2) is 0 Å². The Hall–Kier alpha value is 0.210. The van der Waals surface area contributed by atoms with Crippen molar-refractivity contribution < 1.29 is 5.11 Å². The van der Waals surface area contributed by atoms with E-state index in [2.05, 4.69) is 11.9 Å². The van der Waals surface area contributed by atoms with Gasteiger partial charge < -0.3 is 10.0 Å². The quantitative estimate of drug-likeness (QED) is 0.657. The Morgan fingerprint density at radius 1 is 1.60 bits per heavy atom. The van der Waals surface area contributed by atoms with Gasteiger partial charge >= 0.3 is 0 Å². The minimum Gasteiger partial charge on any atom is -0.396 e. The van der Waals surface area contributed by atoms with Gasteiger partial charge in [-0.05, 0) is 32.9 Å². The zero-order valence-corrected chi connectivity index (χ0v) is 7.23. The molecule has 0 aliphatic carbocycles. The Balaban J connectivity index is 0.000000810. The van der Waals surface area contributed by atoms with Crippen LogP contribution in [0.3, 0.4) is 0 Å². The molecule has 0 aromatic carbocycles. The second-order valence-corrected chi connectivity index (χ2v) is 2.79. The van der Waals surface area contributed by atoms with Gasteiger partial charge in [-0.3, -0.25) is 0 Å². The van der Waals surface area contributed by atoms with Crippen molar-refractivity contribution in [3.63, 3.8) is 0 Å². The van der Waals surface area contributed by atoms with E-state index in [4.69, 9.17) is 5.11 Å². The molecule has 1 N–H and O–H groups in total. The molecule has 2 nitrogen and oxygen atoms in total. The highest BCUT2D eigenvalue weighted by atomic mass is 35.5. The maximum Gasteiger partial charge on any atom is 0.0445 e. The zero-order valence-electron chi connectivity index (χ0n) is 6.42. The molecule has 1 rings (SSSR count). The fourth-order valence-electron chi connectivity index (χ4n) is 1.49. The summed E-state index contributed by atoms with van der Waals surface area (Å²) in [5.41, 5.74) is 0. The first-order chi connectivity index (χ1) is 4.34. The number of likely N-dealkylation sites (tertiary alicyclic amines) is 1. The summed E-state index contributed by atoms with van der Waals surface area (Å²) in [7, 11) is 2.13. The predicted molar refractivity (Wildman–Crippen MR) is 44.6 cm³/mol. The molecule has 0 bridgehead atoms. The Morgan fingerprint density at radius 3 is 2.70 bits per heavy atom. The third-order valence-corrected chi connectivity index (χ3v) is 2.13. The van der Waals surface area contributed by atoms with E-state index in [9.17, 15) is 0 Å². The minimum atomic E-state index is 0. The highest BCUT2D eigenvalue weighted by molar-refractivity contribution is 5.85. The molecular formula is C7H16ClNO. The number of halogens is 1. The first-order valence-electron chi connectivity index (χ1n) is 3.65. The van der Waals surface area contributed by atoms with Crippen molar-refractivity contribution in [3.8, 4) is 0 Å². The Kier molecular flexibility index (Phi) is 5.04. The average Bonchev–Trinajstić information content (AvgIpc) is 2.18. The van der Waals surface area contributed by atoms with E-state index in [-0.39, 0.29) is 12.4 Å². The fourth-order valence-corrected chi connectivity index (χ4v) is 1.49. The number of rotatable bonds is 2. The summed E-state index contributed by atoms with van der Waals surface area (Å²) >= 11 is 0. The molecular weight excluding hydrogens is 150 g/mol. The molecule has 10 heavy (non-hydrogen) atoms. The molecule has 1 fully saturated rings. The lowest BCUT2D eigenvalue weighted by Gasteiger charge is -2.17. The molecule has 1 saturated heterocycles. The molecule has 1 aliphatic rings. The molecule has 3 heteroatoms. The third-order valence-electron chi connectivity index (χ3n) is 2.13. The molecule has 1 aliphatic heterocycles. The van der Waals surface area contributed by atoms with Crippen molar-refractivity contribution in [1.29, 1.82) is 0 Å². The lowest BCUT2D eigenvalue weighted by atomic mass is 10.2. The average molecular weight is 166 g/mol. The van der Waals surface area contributed by atoms with Gasteiger partial charge in [-0.1, -0.05) is 0 Å². The lowest BCUT2D eigenvalue weighted by Crippen LogP contribution is -2.25. The van der Waals surface area contributed by atoms with E-state index < -0.39 is 0 Å². The minimum absolute atomic E-state index is 0. The van der Waals surface area contributed by atoms with Crippen molar-refractivity contribution in [2.75, 3.05) is 20.2 Å². The molecule has 0 aromatic heterocycles. The Labute approximate surface area is 68.6 Å². The van der Waals surface area contributed by atoms with Crippen LogP contribution in [-0.4, -0.2) is 36.2 Å². The van der Waals surface area contributed by atoms with E-state index >= 15 is 0 Å². The smallest absolute Gasteiger partial charge is 0.0445 e. The number of aliphatic hydroxyl groups is 1. The first kappa shape index (κ1) is 10.2. The highest BCUT2D eigenvalue weighted by Gasteiger charge is 2.19. The fraction of sp³-hybridized carbons (Fsp3) is 1.00. The summed E-state index contributed by atoms with van der Waals surface area (Å²) in [6.45, 7) is 1.56. The van der Waals surface area contributed by atoms with Gasteiger partial charge in [0.05, 0.1) is 0 Å². The summed E-state index contributed by atoms with van der Waals surface area (Å²) < 4.78 is 0. The van der Waals surface area contributed by atoms with Crippen molar-refractivity contribution in [3.05, 3.63) is 0 Å². The van der Waals surface area contributed by atoms with E-state index in [1.807, 2.05) is 0 Å². The Morgan fingerprint density at radius 2 is 2.30 bits per heavy atom. The maximum atomic E-state index is 8.62. The number of nitrogens with zero attached hydrogens (tertiary/aromatic N) is 1. The van der Waals surface area contributed by atoms with Crippen molar-refractivity contribution >= 4 is 12.4 Å². The molecule has 0 radical (unpaired) electrons. The maximum absolute atomic E-state index is 8.62. The van der Waals surface area contributed by atoms with Gasteiger partial charge in [-0.25, -0.2) is 0 Å². The third kappa shape index (κ3) is 2.45. The largest absolute Gasteiger partial charge is 0.396 e. The number of hydrogen-bond acceptors (Lipinski definition) is 2. The lowest BCUT2D eigenvalue weighted by molar-refractivity contribution is 0.220. The van der Waals surface area contributed by atoms with E-state index in [1.54, 1.807) is 0 Å². The van der Waals surface area contributed by atoms with Crippen molar-refractivity contribution in [1.82, 2.24) is 4.90 Å². The van der Waals surface area contributed by atoms with Gasteiger partial charge in [0.25, 0.3) is 0 Å². The van der Waals surface area contributed by atoms with Crippen LogP contribution in [0, 0.1) is 0 Å². The van der Waals surface area contributed by atoms with E-state index in [0.717, 1.165) is 6.42 Å². The van der Waals surface area contributed by atoms with Crippen LogP contribution in [0.5, 0.6) is 0 Å². The van der Waals surface area contributed by atoms with Crippen LogP contribution < -0.4 is 0 Å². The van der Waals surface area contributed by atoms with Crippen LogP contribution in [0.25, 0.3) is 0 Å². The van der Waals surface area contributed by atoms with Crippen LogP contribution in [0.1, 0.15) is 19.3 Å². The first-order valence-corrected chi connectivity index (χ1v) is 3.65. The van der Waals surface area contributed by atoms with Crippen LogP contribution in [-0.2, 0) is 0 Å². The van der Waals surface area contributed by atoms with E-state index in [1.165, 1.54) is 19.4 Å². The van der Waals surface area contributed by atoms with Gasteiger partial charge in [-0.15, -0.1) is 12.4 Å². The molecule has 1 atom stereocenters. The van der Waals surface area contributed by atoms with Gasteiger partial charge in [0.1, 0.15) is 0 Å². The summed E-state index contributed by atoms with van der Waals surface area (Å²) in [5, 5.41) is 8.62. The van der Waals surface area contributed by atoms with Crippen LogP contribution in [0.4, 0.5) is 0 Å². The molecule has 0 saturated carbocycles. The summed E-state index contributed by atoms with van der Waals surface area (Å²) in [6, 6.07) is 0.662. The number of hydrogen-bond donors (Lipinski definition) is 1. The monoisotopic (exact) mass is 165 g/mol. The summed E-state index contributed by atoms with van der Waals surface area (Å²) in [5.74, 6) is 0. The van der Waals surface area contributed by atoms with Gasteiger partial charge in [0.15, 0.2) is 0 Å². The van der Waals surface area contributed by atoms with Crippen molar-refractivity contribution in [2.24, 2.45) is 0 Å². The molecule has 1 heterocycles. The predicted octanol–water partition coefficient (Wildman–Crippen LogP) is 0.885. The Bertz CT molecular complexity index is 89.7. The molecule has 0 amide bonds. The second kappa shape index (κ2) is 4.94. The zero-order chi connectivity index (χ0) is 6.69. The van der Waals surface area contributed by atoms with Gasteiger partial charge in [-0.2, -0.15) is 0 Å². The van der Waals surface area contributed by atoms with Crippen LogP contribution in [0.2, 0.25) is 0 Å². The molecule has 1 unspecified atom stereocenters. The van der Waals surface area contributed by atoms with Crippen molar-refractivity contribution in [2.45, 2.75) is 25.3 Å². The van der Waals surface area contributed by atoms with E-state index in [0.29, 0.717) is 12.6 Å². The van der Waals surface area contributed by atoms with Gasteiger partial charge in [0.2, 0.25) is 0 Å². The summed E-state index contributed by atoms with van der Waals surface area (Å²) in [4.78, 5) is 2.33. The summed E-state index contributed by atoms with van der Waals surface area (Å²) in [6.07, 6.45) is 3.54. The molecule has 62 valence electrons. The molecule has 0 spiro atoms. The van der Waals surface area contributed by atoms with Gasteiger partial charge in [0, 0.05) is 12.6 Å². The topological polar surface area (TPSA) is 23.5 Å². The highest BCUT2D eigenvalue weighted by Crippen LogP contribution is 2.16. The normalized spacial score (nSPS) is 26.4. The van der Waals surface area contributed by atoms with Crippen LogP contribution >= 0.6 is 12.4 Å². The number of aliphatic hydroxyl groups excluding tert-OH is 1.